The Hall–Kier alpha value is -1.23. The molecular formula is C15H19NO2S. The number of nitrogens with zero attached hydrogens (tertiary/aromatic N) is 1. The van der Waals surface area contributed by atoms with Gasteiger partial charge in [-0.15, -0.1) is 11.3 Å². The zero-order valence-electron chi connectivity index (χ0n) is 11.1. The van der Waals surface area contributed by atoms with Crippen LogP contribution >= 0.6 is 11.3 Å². The van der Waals surface area contributed by atoms with Crippen LogP contribution in [-0.4, -0.2) is 29.4 Å². The summed E-state index contributed by atoms with van der Waals surface area (Å²) in [6.07, 6.45) is 0.889. The molecule has 0 bridgehead atoms. The number of hydrogen-bond acceptors (Lipinski definition) is 4. The minimum atomic E-state index is -0.374. The van der Waals surface area contributed by atoms with Gasteiger partial charge in [-0.25, -0.2) is 4.98 Å². The monoisotopic (exact) mass is 277 g/mol. The molecule has 3 nitrogen and oxygen atoms in total. The molecule has 1 aromatic heterocycles. The second kappa shape index (κ2) is 7.38. The summed E-state index contributed by atoms with van der Waals surface area (Å²) in [7, 11) is 0. The predicted molar refractivity (Wildman–Crippen MR) is 78.4 cm³/mol. The minimum absolute atomic E-state index is 0.374. The van der Waals surface area contributed by atoms with Gasteiger partial charge in [-0.3, -0.25) is 0 Å². The van der Waals surface area contributed by atoms with E-state index in [1.807, 2.05) is 42.6 Å². The summed E-state index contributed by atoms with van der Waals surface area (Å²) < 4.78 is 5.24. The van der Waals surface area contributed by atoms with Gasteiger partial charge in [0.25, 0.3) is 0 Å². The fourth-order valence-corrected chi connectivity index (χ4v) is 2.69. The Labute approximate surface area is 117 Å². The van der Waals surface area contributed by atoms with Gasteiger partial charge in [0.1, 0.15) is 0 Å². The summed E-state index contributed by atoms with van der Waals surface area (Å²) in [6.45, 7) is 3.26. The van der Waals surface area contributed by atoms with Crippen molar-refractivity contribution in [1.29, 1.82) is 0 Å². The highest BCUT2D eigenvalue weighted by Gasteiger charge is 2.10. The van der Waals surface area contributed by atoms with Gasteiger partial charge < -0.3 is 9.84 Å². The van der Waals surface area contributed by atoms with Crippen LogP contribution in [0.5, 0.6) is 0 Å². The first-order valence-corrected chi connectivity index (χ1v) is 7.43. The summed E-state index contributed by atoms with van der Waals surface area (Å²) in [5.41, 5.74) is 2.10. The Balaban J connectivity index is 1.91. The van der Waals surface area contributed by atoms with Gasteiger partial charge >= 0.3 is 0 Å². The summed E-state index contributed by atoms with van der Waals surface area (Å²) >= 11 is 1.60. The highest BCUT2D eigenvalue weighted by Crippen LogP contribution is 2.22. The van der Waals surface area contributed by atoms with Gasteiger partial charge in [-0.2, -0.15) is 0 Å². The third-order valence-corrected chi connectivity index (χ3v) is 3.70. The molecule has 1 heterocycles. The van der Waals surface area contributed by atoms with Crippen LogP contribution in [0.1, 0.15) is 18.4 Å². The number of thiazole rings is 1. The molecule has 0 radical (unpaired) electrons. The van der Waals surface area contributed by atoms with Crippen molar-refractivity contribution in [1.82, 2.24) is 4.98 Å². The average Bonchev–Trinajstić information content (AvgIpc) is 2.88. The van der Waals surface area contributed by atoms with E-state index in [9.17, 15) is 5.11 Å². The topological polar surface area (TPSA) is 42.4 Å². The number of benzene rings is 1. The maximum absolute atomic E-state index is 9.90. The molecule has 2 rings (SSSR count). The third kappa shape index (κ3) is 4.42. The van der Waals surface area contributed by atoms with Crippen LogP contribution in [0.2, 0.25) is 0 Å². The minimum Gasteiger partial charge on any atom is -0.393 e. The molecule has 2 aromatic rings. The Morgan fingerprint density at radius 1 is 1.32 bits per heavy atom. The standard InChI is InChI=1S/C15H19NO2S/c1-2-18-9-8-13(17)10-15-16-14(11-19-15)12-6-4-3-5-7-12/h3-7,11,13,17H,2,8-10H2,1H3. The van der Waals surface area contributed by atoms with Crippen LogP contribution in [-0.2, 0) is 11.2 Å². The van der Waals surface area contributed by atoms with Crippen molar-refractivity contribution in [3.8, 4) is 11.3 Å². The van der Waals surface area contributed by atoms with Crippen LogP contribution in [0.15, 0.2) is 35.7 Å². The Kier molecular flexibility index (Phi) is 5.51. The van der Waals surface area contributed by atoms with Crippen molar-refractivity contribution < 1.29 is 9.84 Å². The van der Waals surface area contributed by atoms with Crippen molar-refractivity contribution >= 4 is 11.3 Å². The lowest BCUT2D eigenvalue weighted by molar-refractivity contribution is 0.0887. The van der Waals surface area contributed by atoms with E-state index in [1.165, 1.54) is 0 Å². The van der Waals surface area contributed by atoms with Crippen molar-refractivity contribution in [3.05, 3.63) is 40.7 Å². The van der Waals surface area contributed by atoms with Gasteiger partial charge in [-0.1, -0.05) is 30.3 Å². The van der Waals surface area contributed by atoms with E-state index < -0.39 is 0 Å². The molecule has 0 aliphatic carbocycles. The molecule has 0 aliphatic heterocycles. The number of rotatable bonds is 7. The van der Waals surface area contributed by atoms with Crippen LogP contribution in [0.25, 0.3) is 11.3 Å². The molecule has 1 N–H and O–H groups in total. The number of aliphatic hydroxyl groups excluding tert-OH is 1. The Morgan fingerprint density at radius 3 is 2.84 bits per heavy atom. The molecule has 0 saturated heterocycles. The number of aromatic nitrogens is 1. The van der Waals surface area contributed by atoms with E-state index in [4.69, 9.17) is 4.74 Å². The van der Waals surface area contributed by atoms with E-state index in [0.717, 1.165) is 16.3 Å². The summed E-state index contributed by atoms with van der Waals surface area (Å²) in [5.74, 6) is 0. The second-order valence-electron chi connectivity index (χ2n) is 4.34. The van der Waals surface area contributed by atoms with E-state index in [0.29, 0.717) is 26.1 Å². The maximum atomic E-state index is 9.90. The van der Waals surface area contributed by atoms with Gasteiger partial charge in [0.15, 0.2) is 0 Å². The van der Waals surface area contributed by atoms with Crippen molar-refractivity contribution in [2.45, 2.75) is 25.9 Å². The molecule has 102 valence electrons. The highest BCUT2D eigenvalue weighted by atomic mass is 32.1. The van der Waals surface area contributed by atoms with Gasteiger partial charge in [0, 0.05) is 30.6 Å². The van der Waals surface area contributed by atoms with Gasteiger partial charge in [0.2, 0.25) is 0 Å². The summed E-state index contributed by atoms with van der Waals surface area (Å²) in [4.78, 5) is 4.57. The lowest BCUT2D eigenvalue weighted by Crippen LogP contribution is -2.13. The van der Waals surface area contributed by atoms with Crippen molar-refractivity contribution in [2.75, 3.05) is 13.2 Å². The first-order valence-electron chi connectivity index (χ1n) is 6.55. The third-order valence-electron chi connectivity index (χ3n) is 2.83. The molecule has 1 aromatic carbocycles. The average molecular weight is 277 g/mol. The fourth-order valence-electron chi connectivity index (χ4n) is 1.81. The molecule has 1 unspecified atom stereocenters. The molecule has 0 amide bonds. The number of ether oxygens (including phenoxy) is 1. The van der Waals surface area contributed by atoms with Crippen molar-refractivity contribution in [3.63, 3.8) is 0 Å². The zero-order valence-corrected chi connectivity index (χ0v) is 11.9. The second-order valence-corrected chi connectivity index (χ2v) is 5.28. The molecule has 0 spiro atoms. The van der Waals surface area contributed by atoms with E-state index >= 15 is 0 Å². The van der Waals surface area contributed by atoms with Crippen LogP contribution in [0, 0.1) is 0 Å². The van der Waals surface area contributed by atoms with Crippen molar-refractivity contribution in [2.24, 2.45) is 0 Å². The van der Waals surface area contributed by atoms with E-state index in [2.05, 4.69) is 4.98 Å². The largest absolute Gasteiger partial charge is 0.393 e. The smallest absolute Gasteiger partial charge is 0.0958 e. The zero-order chi connectivity index (χ0) is 13.5. The number of hydrogen-bond donors (Lipinski definition) is 1. The van der Waals surface area contributed by atoms with Gasteiger partial charge in [-0.05, 0) is 13.3 Å². The maximum Gasteiger partial charge on any atom is 0.0958 e. The lowest BCUT2D eigenvalue weighted by Gasteiger charge is -2.08. The van der Waals surface area contributed by atoms with E-state index in [-0.39, 0.29) is 6.10 Å². The summed E-state index contributed by atoms with van der Waals surface area (Å²) in [5, 5.41) is 12.9. The highest BCUT2D eigenvalue weighted by molar-refractivity contribution is 7.09. The predicted octanol–water partition coefficient (Wildman–Crippen LogP) is 3.14. The lowest BCUT2D eigenvalue weighted by atomic mass is 10.2. The molecule has 19 heavy (non-hydrogen) atoms. The molecule has 1 atom stereocenters. The quantitative estimate of drug-likeness (QED) is 0.791. The number of aliphatic hydroxyl groups is 1. The summed E-state index contributed by atoms with van der Waals surface area (Å²) in [6, 6.07) is 10.1. The SMILES string of the molecule is CCOCCC(O)Cc1nc(-c2ccccc2)cs1. The first kappa shape index (κ1) is 14.2. The Morgan fingerprint density at radius 2 is 2.11 bits per heavy atom. The molecule has 0 fully saturated rings. The van der Waals surface area contributed by atoms with Crippen LogP contribution < -0.4 is 0 Å². The molecular weight excluding hydrogens is 258 g/mol. The normalized spacial score (nSPS) is 12.5. The Bertz CT molecular complexity index is 484. The fraction of sp³-hybridized carbons (Fsp3) is 0.400. The molecule has 0 aliphatic rings. The molecule has 4 heteroatoms. The first-order chi connectivity index (χ1) is 9.29. The van der Waals surface area contributed by atoms with Crippen LogP contribution in [0.3, 0.4) is 0 Å². The van der Waals surface area contributed by atoms with Gasteiger partial charge in [0.05, 0.1) is 16.8 Å². The van der Waals surface area contributed by atoms with E-state index in [1.54, 1.807) is 11.3 Å². The van der Waals surface area contributed by atoms with Crippen LogP contribution in [0.4, 0.5) is 0 Å². The molecule has 0 saturated carbocycles.